The van der Waals surface area contributed by atoms with Crippen molar-refractivity contribution in [2.24, 2.45) is 0 Å². The van der Waals surface area contributed by atoms with E-state index in [0.717, 1.165) is 11.1 Å². The Morgan fingerprint density at radius 2 is 2.10 bits per heavy atom. The number of nitrogens with zero attached hydrogens (tertiary/aromatic N) is 1. The number of para-hydroxylation sites is 1. The highest BCUT2D eigenvalue weighted by Gasteiger charge is 2.18. The number of benzene rings is 2. The van der Waals surface area contributed by atoms with Gasteiger partial charge in [0.25, 0.3) is 0 Å². The molecule has 110 valence electrons. The molecule has 1 N–H and O–H groups in total. The molecule has 2 rings (SSSR count). The molecule has 0 aliphatic rings. The van der Waals surface area contributed by atoms with Crippen molar-refractivity contribution >= 4 is 17.3 Å². The minimum Gasteiger partial charge on any atom is -0.448 e. The summed E-state index contributed by atoms with van der Waals surface area (Å²) in [6.45, 7) is 2.34. The van der Waals surface area contributed by atoms with Crippen LogP contribution in [0.1, 0.15) is 11.1 Å². The molecule has 2 aromatic carbocycles. The summed E-state index contributed by atoms with van der Waals surface area (Å²) < 4.78 is 5.73. The molecule has 0 amide bonds. The molecule has 0 heterocycles. The van der Waals surface area contributed by atoms with E-state index in [-0.39, 0.29) is 11.4 Å². The molecule has 0 aromatic heterocycles. The van der Waals surface area contributed by atoms with E-state index < -0.39 is 4.92 Å². The average Bonchev–Trinajstić information content (AvgIpc) is 2.44. The molecule has 5 nitrogen and oxygen atoms in total. The fourth-order valence-corrected chi connectivity index (χ4v) is 2.20. The minimum absolute atomic E-state index is 0.0784. The van der Waals surface area contributed by atoms with Gasteiger partial charge in [-0.1, -0.05) is 29.8 Å². The maximum Gasteiger partial charge on any atom is 0.311 e. The van der Waals surface area contributed by atoms with Crippen molar-refractivity contribution in [2.75, 3.05) is 7.05 Å². The molecule has 0 fully saturated rings. The Balaban J connectivity index is 2.45. The molecule has 0 saturated heterocycles. The second-order valence-corrected chi connectivity index (χ2v) is 5.00. The lowest BCUT2D eigenvalue weighted by Gasteiger charge is -2.13. The van der Waals surface area contributed by atoms with Crippen molar-refractivity contribution in [2.45, 2.75) is 13.5 Å². The lowest BCUT2D eigenvalue weighted by molar-refractivity contribution is -0.385. The molecule has 0 saturated carbocycles. The summed E-state index contributed by atoms with van der Waals surface area (Å²) in [5.41, 5.74) is 1.55. The van der Waals surface area contributed by atoms with Gasteiger partial charge in [0.1, 0.15) is 0 Å². The van der Waals surface area contributed by atoms with E-state index in [1.165, 1.54) is 6.07 Å². The predicted molar refractivity (Wildman–Crippen MR) is 82.1 cm³/mol. The van der Waals surface area contributed by atoms with Gasteiger partial charge < -0.3 is 10.1 Å². The largest absolute Gasteiger partial charge is 0.448 e. The zero-order chi connectivity index (χ0) is 15.4. The molecular formula is C15H15ClN2O3. The van der Waals surface area contributed by atoms with Gasteiger partial charge in [-0.3, -0.25) is 10.1 Å². The number of nitro groups is 1. The number of nitrogens with one attached hydrogen (secondary N) is 1. The van der Waals surface area contributed by atoms with Gasteiger partial charge in [-0.25, -0.2) is 0 Å². The average molecular weight is 307 g/mol. The number of nitro benzene ring substituents is 1. The Hall–Kier alpha value is -2.11. The predicted octanol–water partition coefficient (Wildman–Crippen LogP) is 4.07. The van der Waals surface area contributed by atoms with Crippen molar-refractivity contribution in [3.8, 4) is 11.5 Å². The van der Waals surface area contributed by atoms with Crippen LogP contribution in [0.15, 0.2) is 36.4 Å². The summed E-state index contributed by atoms with van der Waals surface area (Å²) in [6.07, 6.45) is 0. The van der Waals surface area contributed by atoms with Gasteiger partial charge in [0.05, 0.1) is 9.95 Å². The van der Waals surface area contributed by atoms with Gasteiger partial charge in [0.2, 0.25) is 5.75 Å². The fraction of sp³-hybridized carbons (Fsp3) is 0.200. The number of aryl methyl sites for hydroxylation is 1. The first-order chi connectivity index (χ1) is 10.0. The molecule has 0 unspecified atom stereocenters. The molecule has 0 bridgehead atoms. The van der Waals surface area contributed by atoms with Gasteiger partial charge in [0, 0.05) is 18.2 Å². The Labute approximate surface area is 127 Å². The maximum atomic E-state index is 11.1. The third-order valence-corrected chi connectivity index (χ3v) is 3.24. The van der Waals surface area contributed by atoms with Crippen molar-refractivity contribution in [3.63, 3.8) is 0 Å². The molecule has 0 spiro atoms. The lowest BCUT2D eigenvalue weighted by atomic mass is 10.2. The quantitative estimate of drug-likeness (QED) is 0.668. The van der Waals surface area contributed by atoms with Crippen LogP contribution in [-0.4, -0.2) is 12.0 Å². The molecule has 21 heavy (non-hydrogen) atoms. The number of halogens is 1. The summed E-state index contributed by atoms with van der Waals surface area (Å²) >= 11 is 6.16. The summed E-state index contributed by atoms with van der Waals surface area (Å²) in [4.78, 5) is 10.7. The minimum atomic E-state index is -0.461. The Bertz CT molecular complexity index is 674. The van der Waals surface area contributed by atoms with Crippen LogP contribution in [0.5, 0.6) is 11.5 Å². The van der Waals surface area contributed by atoms with Crippen LogP contribution in [0.3, 0.4) is 0 Å². The van der Waals surface area contributed by atoms with Crippen LogP contribution in [0, 0.1) is 17.0 Å². The molecule has 0 aliphatic heterocycles. The van der Waals surface area contributed by atoms with E-state index >= 15 is 0 Å². The monoisotopic (exact) mass is 306 g/mol. The highest BCUT2D eigenvalue weighted by atomic mass is 35.5. The van der Waals surface area contributed by atoms with E-state index in [1.54, 1.807) is 32.2 Å². The van der Waals surface area contributed by atoms with Crippen molar-refractivity contribution in [3.05, 3.63) is 62.7 Å². The van der Waals surface area contributed by atoms with Crippen LogP contribution in [0.25, 0.3) is 0 Å². The van der Waals surface area contributed by atoms with E-state index in [9.17, 15) is 10.1 Å². The SMILES string of the molecule is CNCc1cccc(Cl)c1Oc1ccc(C)cc1[N+](=O)[O-]. The van der Waals surface area contributed by atoms with Gasteiger partial charge in [-0.2, -0.15) is 0 Å². The first-order valence-electron chi connectivity index (χ1n) is 6.38. The number of ether oxygens (including phenoxy) is 1. The summed E-state index contributed by atoms with van der Waals surface area (Å²) in [6, 6.07) is 10.2. The van der Waals surface area contributed by atoms with Crippen molar-refractivity contribution in [1.82, 2.24) is 5.32 Å². The third kappa shape index (κ3) is 3.51. The Morgan fingerprint density at radius 1 is 1.33 bits per heavy atom. The standard InChI is InChI=1S/C15H15ClN2O3/c1-10-6-7-14(13(8-10)18(19)20)21-15-11(9-17-2)4-3-5-12(15)16/h3-8,17H,9H2,1-2H3. The van der Waals surface area contributed by atoms with Gasteiger partial charge >= 0.3 is 5.69 Å². The van der Waals surface area contributed by atoms with Crippen LogP contribution in [0.4, 0.5) is 5.69 Å². The van der Waals surface area contributed by atoms with Gasteiger partial charge in [-0.15, -0.1) is 0 Å². The lowest BCUT2D eigenvalue weighted by Crippen LogP contribution is -2.06. The fourth-order valence-electron chi connectivity index (χ4n) is 1.96. The number of rotatable bonds is 5. The highest BCUT2D eigenvalue weighted by Crippen LogP contribution is 2.37. The van der Waals surface area contributed by atoms with Crippen LogP contribution < -0.4 is 10.1 Å². The molecule has 0 atom stereocenters. The molecule has 0 radical (unpaired) electrons. The zero-order valence-corrected chi connectivity index (χ0v) is 12.5. The van der Waals surface area contributed by atoms with Crippen LogP contribution in [-0.2, 0) is 6.54 Å². The highest BCUT2D eigenvalue weighted by molar-refractivity contribution is 6.32. The van der Waals surface area contributed by atoms with Crippen LogP contribution in [0.2, 0.25) is 5.02 Å². The summed E-state index contributed by atoms with van der Waals surface area (Å²) in [5, 5.41) is 14.6. The number of hydrogen-bond acceptors (Lipinski definition) is 4. The second kappa shape index (κ2) is 6.56. The van der Waals surface area contributed by atoms with Gasteiger partial charge in [0.15, 0.2) is 5.75 Å². The first kappa shape index (κ1) is 15.3. The van der Waals surface area contributed by atoms with Gasteiger partial charge in [-0.05, 0) is 31.7 Å². The number of hydrogen-bond donors (Lipinski definition) is 1. The Morgan fingerprint density at radius 3 is 2.76 bits per heavy atom. The third-order valence-electron chi connectivity index (χ3n) is 2.94. The van der Waals surface area contributed by atoms with Crippen molar-refractivity contribution in [1.29, 1.82) is 0 Å². The summed E-state index contributed by atoms with van der Waals surface area (Å²) in [7, 11) is 1.80. The van der Waals surface area contributed by atoms with Crippen molar-refractivity contribution < 1.29 is 9.66 Å². The summed E-state index contributed by atoms with van der Waals surface area (Å²) in [5.74, 6) is 0.608. The molecule has 0 aliphatic carbocycles. The maximum absolute atomic E-state index is 11.1. The van der Waals surface area contributed by atoms with Crippen LogP contribution >= 0.6 is 11.6 Å². The van der Waals surface area contributed by atoms with E-state index in [0.29, 0.717) is 17.3 Å². The zero-order valence-electron chi connectivity index (χ0n) is 11.7. The van der Waals surface area contributed by atoms with E-state index in [1.807, 2.05) is 12.1 Å². The van der Waals surface area contributed by atoms with E-state index in [4.69, 9.17) is 16.3 Å². The molecule has 6 heteroatoms. The topological polar surface area (TPSA) is 64.4 Å². The van der Waals surface area contributed by atoms with E-state index in [2.05, 4.69) is 5.32 Å². The molecule has 2 aromatic rings. The molecular weight excluding hydrogens is 292 g/mol. The normalized spacial score (nSPS) is 10.4. The first-order valence-corrected chi connectivity index (χ1v) is 6.75. The smallest absolute Gasteiger partial charge is 0.311 e. The Kier molecular flexibility index (Phi) is 4.77. The second-order valence-electron chi connectivity index (χ2n) is 4.59.